The Balaban J connectivity index is 2.19. The molecule has 0 aromatic heterocycles. The first-order chi connectivity index (χ1) is 5.55. The first-order valence-electron chi connectivity index (χ1n) is 4.22. The van der Waals surface area contributed by atoms with Crippen LogP contribution in [0.3, 0.4) is 0 Å². The van der Waals surface area contributed by atoms with Gasteiger partial charge in [0.1, 0.15) is 0 Å². The summed E-state index contributed by atoms with van der Waals surface area (Å²) in [4.78, 5) is 17.7. The van der Waals surface area contributed by atoms with Crippen molar-refractivity contribution < 1.29 is 9.63 Å². The van der Waals surface area contributed by atoms with Gasteiger partial charge in [0.2, 0.25) is 0 Å². The molecule has 4 heteroatoms. The summed E-state index contributed by atoms with van der Waals surface area (Å²) in [5.74, 6) is 0. The van der Waals surface area contributed by atoms with Crippen molar-refractivity contribution in [2.24, 2.45) is 5.41 Å². The molecule has 1 heterocycles. The van der Waals surface area contributed by atoms with Gasteiger partial charge >= 0.3 is 6.03 Å². The first kappa shape index (κ1) is 9.32. The molecule has 70 valence electrons. The number of urea groups is 1. The van der Waals surface area contributed by atoms with Crippen LogP contribution >= 0.6 is 0 Å². The Labute approximate surface area is 72.8 Å². The van der Waals surface area contributed by atoms with Crippen molar-refractivity contribution >= 4 is 6.03 Å². The van der Waals surface area contributed by atoms with Crippen LogP contribution in [0.15, 0.2) is 0 Å². The molecule has 0 bridgehead atoms. The average molecular weight is 172 g/mol. The fourth-order valence-corrected chi connectivity index (χ4v) is 1.33. The molecule has 0 aromatic carbocycles. The number of carbonyl (C=O) groups is 1. The fraction of sp³-hybridized carbons (Fsp3) is 0.875. The molecular weight excluding hydrogens is 156 g/mol. The quantitative estimate of drug-likeness (QED) is 0.631. The Morgan fingerprint density at radius 1 is 1.58 bits per heavy atom. The van der Waals surface area contributed by atoms with Crippen LogP contribution in [0.1, 0.15) is 20.8 Å². The monoisotopic (exact) mass is 172 g/mol. The molecule has 1 rings (SSSR count). The van der Waals surface area contributed by atoms with Crippen LogP contribution in [-0.4, -0.2) is 30.6 Å². The molecule has 0 atom stereocenters. The number of likely N-dealkylation sites (tertiary alicyclic amines) is 1. The third-order valence-corrected chi connectivity index (χ3v) is 1.83. The number of carbonyl (C=O) groups excluding carboxylic acids is 1. The molecule has 1 aliphatic rings. The van der Waals surface area contributed by atoms with Gasteiger partial charge in [0.25, 0.3) is 0 Å². The molecule has 1 aliphatic heterocycles. The van der Waals surface area contributed by atoms with Crippen LogP contribution in [0, 0.1) is 5.41 Å². The molecule has 0 aliphatic carbocycles. The highest BCUT2D eigenvalue weighted by atomic mass is 16.7. The van der Waals surface area contributed by atoms with E-state index in [1.165, 1.54) is 0 Å². The van der Waals surface area contributed by atoms with Gasteiger partial charge in [0, 0.05) is 18.5 Å². The van der Waals surface area contributed by atoms with Crippen LogP contribution in [0.4, 0.5) is 4.79 Å². The third-order valence-electron chi connectivity index (χ3n) is 1.83. The van der Waals surface area contributed by atoms with E-state index in [9.17, 15) is 4.79 Å². The van der Waals surface area contributed by atoms with E-state index in [0.717, 1.165) is 13.1 Å². The van der Waals surface area contributed by atoms with Gasteiger partial charge in [-0.1, -0.05) is 13.8 Å². The normalized spacial score (nSPS) is 20.1. The van der Waals surface area contributed by atoms with E-state index < -0.39 is 0 Å². The first-order valence-corrected chi connectivity index (χ1v) is 4.22. The standard InChI is InChI=1S/C8H16N2O2/c1-4-12-9-7(11)10-5-8(2,3)6-10/h4-6H2,1-3H3,(H,9,11). The largest absolute Gasteiger partial charge is 0.341 e. The van der Waals surface area contributed by atoms with Gasteiger partial charge in [-0.25, -0.2) is 10.3 Å². The average Bonchev–Trinajstić information content (AvgIpc) is 1.95. The molecule has 1 N–H and O–H groups in total. The highest BCUT2D eigenvalue weighted by Crippen LogP contribution is 2.28. The molecule has 4 nitrogen and oxygen atoms in total. The summed E-state index contributed by atoms with van der Waals surface area (Å²) >= 11 is 0. The number of amides is 2. The van der Waals surface area contributed by atoms with Crippen LogP contribution in [0.5, 0.6) is 0 Å². The zero-order valence-electron chi connectivity index (χ0n) is 7.89. The molecule has 0 aromatic rings. The lowest BCUT2D eigenvalue weighted by Crippen LogP contribution is -2.58. The van der Waals surface area contributed by atoms with Crippen LogP contribution in [0.25, 0.3) is 0 Å². The summed E-state index contributed by atoms with van der Waals surface area (Å²) in [5, 5.41) is 0. The maximum Gasteiger partial charge on any atom is 0.341 e. The SMILES string of the molecule is CCONC(=O)N1CC(C)(C)C1. The van der Waals surface area contributed by atoms with E-state index in [2.05, 4.69) is 19.3 Å². The number of nitrogens with zero attached hydrogens (tertiary/aromatic N) is 1. The Bertz CT molecular complexity index is 172. The lowest BCUT2D eigenvalue weighted by molar-refractivity contribution is 0.0139. The van der Waals surface area contributed by atoms with E-state index in [0.29, 0.717) is 6.61 Å². The Hall–Kier alpha value is -0.770. The summed E-state index contributed by atoms with van der Waals surface area (Å²) in [5.41, 5.74) is 2.64. The van der Waals surface area contributed by atoms with Gasteiger partial charge in [-0.15, -0.1) is 0 Å². The molecule has 0 radical (unpaired) electrons. The van der Waals surface area contributed by atoms with E-state index in [4.69, 9.17) is 4.84 Å². The Morgan fingerprint density at radius 2 is 2.17 bits per heavy atom. The number of nitrogens with one attached hydrogen (secondary N) is 1. The second kappa shape index (κ2) is 3.31. The van der Waals surface area contributed by atoms with Gasteiger partial charge in [-0.2, -0.15) is 0 Å². The molecule has 1 fully saturated rings. The van der Waals surface area contributed by atoms with Crippen LogP contribution in [-0.2, 0) is 4.84 Å². The smallest absolute Gasteiger partial charge is 0.322 e. The van der Waals surface area contributed by atoms with Crippen molar-refractivity contribution in [1.29, 1.82) is 0 Å². The van der Waals surface area contributed by atoms with E-state index >= 15 is 0 Å². The van der Waals surface area contributed by atoms with Crippen molar-refractivity contribution in [3.63, 3.8) is 0 Å². The Kier molecular flexibility index (Phi) is 2.57. The Morgan fingerprint density at radius 3 is 2.58 bits per heavy atom. The summed E-state index contributed by atoms with van der Waals surface area (Å²) < 4.78 is 0. The third kappa shape index (κ3) is 2.11. The molecular formula is C8H16N2O2. The van der Waals surface area contributed by atoms with Gasteiger partial charge in [-0.3, -0.25) is 4.84 Å². The summed E-state index contributed by atoms with van der Waals surface area (Å²) in [6.07, 6.45) is 0. The summed E-state index contributed by atoms with van der Waals surface area (Å²) in [6, 6.07) is -0.129. The number of hydrogen-bond donors (Lipinski definition) is 1. The summed E-state index contributed by atoms with van der Waals surface area (Å²) in [6.45, 7) is 8.23. The fourth-order valence-electron chi connectivity index (χ4n) is 1.33. The molecule has 2 amide bonds. The lowest BCUT2D eigenvalue weighted by Gasteiger charge is -2.45. The highest BCUT2D eigenvalue weighted by Gasteiger charge is 2.37. The zero-order chi connectivity index (χ0) is 9.19. The molecule has 12 heavy (non-hydrogen) atoms. The lowest BCUT2D eigenvalue weighted by atomic mass is 9.85. The van der Waals surface area contributed by atoms with Gasteiger partial charge in [0.05, 0.1) is 6.61 Å². The van der Waals surface area contributed by atoms with Gasteiger partial charge in [-0.05, 0) is 6.92 Å². The topological polar surface area (TPSA) is 41.6 Å². The molecule has 0 saturated carbocycles. The predicted molar refractivity (Wildman–Crippen MR) is 45.5 cm³/mol. The van der Waals surface area contributed by atoms with Crippen LogP contribution in [0.2, 0.25) is 0 Å². The second-order valence-corrected chi connectivity index (χ2v) is 3.86. The minimum Gasteiger partial charge on any atom is -0.322 e. The van der Waals surface area contributed by atoms with Gasteiger partial charge < -0.3 is 4.90 Å². The van der Waals surface area contributed by atoms with Crippen molar-refractivity contribution in [3.05, 3.63) is 0 Å². The van der Waals surface area contributed by atoms with Crippen molar-refractivity contribution in [2.45, 2.75) is 20.8 Å². The van der Waals surface area contributed by atoms with E-state index in [1.807, 2.05) is 6.92 Å². The van der Waals surface area contributed by atoms with Crippen molar-refractivity contribution in [3.8, 4) is 0 Å². The number of hydroxylamine groups is 1. The minimum atomic E-state index is -0.129. The van der Waals surface area contributed by atoms with E-state index in [1.54, 1.807) is 4.90 Å². The number of hydrogen-bond acceptors (Lipinski definition) is 2. The zero-order valence-corrected chi connectivity index (χ0v) is 7.89. The minimum absolute atomic E-state index is 0.129. The molecule has 0 unspecified atom stereocenters. The van der Waals surface area contributed by atoms with Crippen molar-refractivity contribution in [2.75, 3.05) is 19.7 Å². The maximum absolute atomic E-state index is 11.2. The van der Waals surface area contributed by atoms with Gasteiger partial charge in [0.15, 0.2) is 0 Å². The van der Waals surface area contributed by atoms with Crippen LogP contribution < -0.4 is 5.48 Å². The number of rotatable bonds is 2. The van der Waals surface area contributed by atoms with Crippen molar-refractivity contribution in [1.82, 2.24) is 10.4 Å². The predicted octanol–water partition coefficient (Wildman–Crippen LogP) is 0.989. The molecule has 1 saturated heterocycles. The van der Waals surface area contributed by atoms with E-state index in [-0.39, 0.29) is 11.4 Å². The maximum atomic E-state index is 11.2. The molecule has 0 spiro atoms. The highest BCUT2D eigenvalue weighted by molar-refractivity contribution is 5.74. The second-order valence-electron chi connectivity index (χ2n) is 3.86. The summed E-state index contributed by atoms with van der Waals surface area (Å²) in [7, 11) is 0.